The van der Waals surface area contributed by atoms with Crippen molar-refractivity contribution in [2.24, 2.45) is 10.2 Å². The Hall–Kier alpha value is -3.50. The Morgan fingerprint density at radius 2 is 1.74 bits per heavy atom. The van der Waals surface area contributed by atoms with E-state index in [0.29, 0.717) is 11.1 Å². The molecule has 0 aromatic heterocycles. The van der Waals surface area contributed by atoms with E-state index in [1.165, 1.54) is 42.5 Å². The van der Waals surface area contributed by atoms with Gasteiger partial charge in [0.05, 0.1) is 5.56 Å². The summed E-state index contributed by atoms with van der Waals surface area (Å²) in [4.78, 5) is 10.6. The minimum Gasteiger partial charge on any atom is -0.505 e. The first-order valence-corrected chi connectivity index (χ1v) is 8.89. The maximum Gasteiger partial charge on any atom is 0.337 e. The number of phenolic OH excluding ortho intramolecular Hbond substituents is 1. The number of hydrogen-bond acceptors (Lipinski definition) is 7. The highest BCUT2D eigenvalue weighted by molar-refractivity contribution is 7.86. The van der Waals surface area contributed by atoms with Crippen LogP contribution in [0.2, 0.25) is 0 Å². The highest BCUT2D eigenvalue weighted by Crippen LogP contribution is 2.42. The molecule has 27 heavy (non-hydrogen) atoms. The number of carboxylic acid groups (broad SMARTS) is 1. The quantitative estimate of drug-likeness (QED) is 0.302. The number of rotatable bonds is 4. The third-order valence-electron chi connectivity index (χ3n) is 3.75. The molecule has 138 valence electrons. The maximum atomic E-state index is 11.7. The van der Waals surface area contributed by atoms with Crippen LogP contribution in [0.4, 0.5) is 17.1 Å². The summed E-state index contributed by atoms with van der Waals surface area (Å²) in [6.45, 7) is 0. The minimum absolute atomic E-state index is 0.0571. The van der Waals surface area contributed by atoms with Gasteiger partial charge in [-0.05, 0) is 35.7 Å². The van der Waals surface area contributed by atoms with Crippen LogP contribution in [0.1, 0.15) is 10.4 Å². The molecule has 9 nitrogen and oxygen atoms in total. The number of hydrogen-bond donors (Lipinski definition) is 4. The van der Waals surface area contributed by atoms with E-state index in [4.69, 9.17) is 5.73 Å². The van der Waals surface area contributed by atoms with Crippen LogP contribution in [0.15, 0.2) is 63.7 Å². The summed E-state index contributed by atoms with van der Waals surface area (Å²) >= 11 is 0. The van der Waals surface area contributed by atoms with E-state index in [9.17, 15) is 28.0 Å². The second-order valence-electron chi connectivity index (χ2n) is 5.55. The van der Waals surface area contributed by atoms with Crippen molar-refractivity contribution in [3.8, 4) is 5.75 Å². The molecule has 0 fully saturated rings. The summed E-state index contributed by atoms with van der Waals surface area (Å²) in [5.41, 5.74) is 5.25. The molecule has 0 aliphatic carbocycles. The first-order valence-electron chi connectivity index (χ1n) is 7.45. The maximum absolute atomic E-state index is 11.7. The number of nitrogen functional groups attached to an aromatic ring is 1. The number of nitrogens with zero attached hydrogens (tertiary/aromatic N) is 2. The van der Waals surface area contributed by atoms with Crippen molar-refractivity contribution in [3.63, 3.8) is 0 Å². The number of nitrogens with two attached hydrogens (primary N) is 1. The van der Waals surface area contributed by atoms with Gasteiger partial charge in [0.25, 0.3) is 10.1 Å². The fourth-order valence-electron chi connectivity index (χ4n) is 2.50. The first-order chi connectivity index (χ1) is 12.7. The summed E-state index contributed by atoms with van der Waals surface area (Å²) in [5, 5.41) is 27.6. The van der Waals surface area contributed by atoms with Crippen molar-refractivity contribution < 1.29 is 28.0 Å². The molecule has 0 saturated carbocycles. The molecule has 0 unspecified atom stereocenters. The summed E-state index contributed by atoms with van der Waals surface area (Å²) in [5.74, 6) is -1.82. The lowest BCUT2D eigenvalue weighted by molar-refractivity contribution is 0.0697. The van der Waals surface area contributed by atoms with Crippen LogP contribution in [0, 0.1) is 0 Å². The van der Waals surface area contributed by atoms with Crippen molar-refractivity contribution >= 4 is 43.9 Å². The molecule has 5 N–H and O–H groups in total. The van der Waals surface area contributed by atoms with Crippen molar-refractivity contribution in [2.75, 3.05) is 5.73 Å². The van der Waals surface area contributed by atoms with Crippen molar-refractivity contribution in [2.45, 2.75) is 4.90 Å². The Labute approximate surface area is 153 Å². The lowest BCUT2D eigenvalue weighted by atomic mass is 10.1. The Morgan fingerprint density at radius 1 is 1.04 bits per heavy atom. The predicted octanol–water partition coefficient (Wildman–Crippen LogP) is 3.49. The Kier molecular flexibility index (Phi) is 4.52. The van der Waals surface area contributed by atoms with Gasteiger partial charge in [0.2, 0.25) is 0 Å². The molecular formula is C17H13N3O6S. The van der Waals surface area contributed by atoms with Gasteiger partial charge in [-0.2, -0.15) is 8.42 Å². The van der Waals surface area contributed by atoms with Gasteiger partial charge in [0.15, 0.2) is 5.75 Å². The third-order valence-corrected chi connectivity index (χ3v) is 4.61. The molecule has 0 saturated heterocycles. The van der Waals surface area contributed by atoms with E-state index < -0.39 is 32.4 Å². The van der Waals surface area contributed by atoms with E-state index in [2.05, 4.69) is 10.2 Å². The highest BCUT2D eigenvalue weighted by Gasteiger charge is 2.22. The topological polar surface area (TPSA) is 163 Å². The fourth-order valence-corrected chi connectivity index (χ4v) is 3.16. The van der Waals surface area contributed by atoms with Gasteiger partial charge in [-0.1, -0.05) is 18.2 Å². The summed E-state index contributed by atoms with van der Waals surface area (Å²) < 4.78 is 32.9. The number of carbonyl (C=O) groups is 1. The lowest BCUT2D eigenvalue weighted by Crippen LogP contribution is -1.99. The molecule has 0 spiro atoms. The fraction of sp³-hybridized carbons (Fsp3) is 0. The van der Waals surface area contributed by atoms with Gasteiger partial charge in [-0.15, -0.1) is 10.2 Å². The predicted molar refractivity (Wildman–Crippen MR) is 97.4 cm³/mol. The minimum atomic E-state index is -4.75. The van der Waals surface area contributed by atoms with Gasteiger partial charge < -0.3 is 15.9 Å². The van der Waals surface area contributed by atoms with Gasteiger partial charge in [0, 0.05) is 11.1 Å². The molecule has 3 rings (SSSR count). The van der Waals surface area contributed by atoms with Gasteiger partial charge in [-0.25, -0.2) is 4.79 Å². The largest absolute Gasteiger partial charge is 0.505 e. The third kappa shape index (κ3) is 3.57. The zero-order valence-corrected chi connectivity index (χ0v) is 14.4. The van der Waals surface area contributed by atoms with E-state index in [1.807, 2.05) is 0 Å². The standard InChI is InChI=1S/C17H13N3O6S/c18-10-6-5-9-7-14(27(24,25)26)15(16(21)12(9)8-10)20-19-13-4-2-1-3-11(13)17(22)23/h1-8,21H,18H2,(H,22,23)(H,24,25,26). The molecule has 0 aliphatic heterocycles. The van der Waals surface area contributed by atoms with Crippen LogP contribution < -0.4 is 5.73 Å². The molecule has 0 heterocycles. The average Bonchev–Trinajstić information content (AvgIpc) is 2.60. The number of aromatic hydroxyl groups is 1. The SMILES string of the molecule is Nc1ccc2cc(S(=O)(=O)O)c(N=Nc3ccccc3C(=O)O)c(O)c2c1. The summed E-state index contributed by atoms with van der Waals surface area (Å²) in [6.07, 6.45) is 0. The molecule has 3 aromatic rings. The second-order valence-corrected chi connectivity index (χ2v) is 6.94. The highest BCUT2D eigenvalue weighted by atomic mass is 32.2. The zero-order valence-electron chi connectivity index (χ0n) is 13.6. The number of phenols is 1. The first kappa shape index (κ1) is 18.3. The van der Waals surface area contributed by atoms with Crippen molar-refractivity contribution in [1.29, 1.82) is 0 Å². The molecular weight excluding hydrogens is 374 g/mol. The molecule has 3 aromatic carbocycles. The number of carboxylic acids is 1. The van der Waals surface area contributed by atoms with Crippen LogP contribution in [0.5, 0.6) is 5.75 Å². The zero-order chi connectivity index (χ0) is 19.8. The molecule has 0 atom stereocenters. The molecule has 0 radical (unpaired) electrons. The van der Waals surface area contributed by atoms with Gasteiger partial charge in [0.1, 0.15) is 16.3 Å². The van der Waals surface area contributed by atoms with Crippen molar-refractivity contribution in [3.05, 3.63) is 54.1 Å². The van der Waals surface area contributed by atoms with Gasteiger partial charge in [-0.3, -0.25) is 4.55 Å². The van der Waals surface area contributed by atoms with Crippen molar-refractivity contribution in [1.82, 2.24) is 0 Å². The Morgan fingerprint density at radius 3 is 2.41 bits per heavy atom. The van der Waals surface area contributed by atoms with Gasteiger partial charge >= 0.3 is 5.97 Å². The number of benzene rings is 3. The lowest BCUT2D eigenvalue weighted by Gasteiger charge is -2.09. The molecule has 0 bridgehead atoms. The van der Waals surface area contributed by atoms with Crippen LogP contribution in [0.25, 0.3) is 10.8 Å². The van der Waals surface area contributed by atoms with E-state index in [-0.39, 0.29) is 16.6 Å². The van der Waals surface area contributed by atoms with E-state index in [1.54, 1.807) is 0 Å². The van der Waals surface area contributed by atoms with Crippen LogP contribution in [-0.4, -0.2) is 29.2 Å². The van der Waals surface area contributed by atoms with Crippen LogP contribution in [-0.2, 0) is 10.1 Å². The molecule has 0 amide bonds. The number of azo groups is 1. The molecule has 0 aliphatic rings. The van der Waals surface area contributed by atoms with Crippen LogP contribution in [0.3, 0.4) is 0 Å². The smallest absolute Gasteiger partial charge is 0.337 e. The Bertz CT molecular complexity index is 1200. The van der Waals surface area contributed by atoms with Crippen LogP contribution >= 0.6 is 0 Å². The summed E-state index contributed by atoms with van der Waals surface area (Å²) in [6, 6.07) is 11.1. The van der Waals surface area contributed by atoms with E-state index >= 15 is 0 Å². The second kappa shape index (κ2) is 6.67. The summed E-state index contributed by atoms with van der Waals surface area (Å²) in [7, 11) is -4.75. The van der Waals surface area contributed by atoms with E-state index in [0.717, 1.165) is 6.07 Å². The number of anilines is 1. The number of aromatic carboxylic acids is 1. The Balaban J connectivity index is 2.27. The molecule has 10 heteroatoms. The average molecular weight is 387 g/mol. The normalized spacial score (nSPS) is 11.9. The monoisotopic (exact) mass is 387 g/mol. The number of fused-ring (bicyclic) bond motifs is 1.